The van der Waals surface area contributed by atoms with E-state index in [0.29, 0.717) is 6.04 Å². The summed E-state index contributed by atoms with van der Waals surface area (Å²) in [6, 6.07) is -0.0708. The lowest BCUT2D eigenvalue weighted by molar-refractivity contribution is -0.142. The van der Waals surface area contributed by atoms with Crippen LogP contribution in [0.1, 0.15) is 26.2 Å². The van der Waals surface area contributed by atoms with Crippen LogP contribution in [0, 0.1) is 5.92 Å². The molecule has 2 aliphatic heterocycles. The highest BCUT2D eigenvalue weighted by Crippen LogP contribution is 2.33. The normalized spacial score (nSPS) is 35.1. The van der Waals surface area contributed by atoms with Crippen LogP contribution in [0.25, 0.3) is 0 Å². The molecule has 2 heterocycles. The second kappa shape index (κ2) is 3.81. The van der Waals surface area contributed by atoms with Crippen LogP contribution in [0.2, 0.25) is 0 Å². The lowest BCUT2D eigenvalue weighted by Gasteiger charge is -2.20. The van der Waals surface area contributed by atoms with Gasteiger partial charge in [-0.3, -0.25) is 9.59 Å². The molecular weight excluding hydrogens is 196 g/mol. The highest BCUT2D eigenvalue weighted by Gasteiger charge is 2.43. The molecular formula is C10H16N2O3. The molecule has 0 aromatic heterocycles. The van der Waals surface area contributed by atoms with Crippen LogP contribution in [0.4, 0.5) is 0 Å². The zero-order valence-corrected chi connectivity index (χ0v) is 8.69. The molecule has 2 saturated heterocycles. The van der Waals surface area contributed by atoms with E-state index in [1.165, 1.54) is 6.92 Å². The Hall–Kier alpha value is -1.10. The van der Waals surface area contributed by atoms with Gasteiger partial charge in [0.2, 0.25) is 5.91 Å². The number of carbonyl (C=O) groups is 2. The van der Waals surface area contributed by atoms with Gasteiger partial charge in [0.05, 0.1) is 5.92 Å². The maximum atomic E-state index is 11.7. The van der Waals surface area contributed by atoms with Gasteiger partial charge in [-0.1, -0.05) is 0 Å². The Bertz CT molecular complexity index is 292. The van der Waals surface area contributed by atoms with Gasteiger partial charge in [-0.25, -0.2) is 0 Å². The molecule has 3 unspecified atom stereocenters. The van der Waals surface area contributed by atoms with E-state index < -0.39 is 12.0 Å². The minimum absolute atomic E-state index is 0.0365. The first-order valence-corrected chi connectivity index (χ1v) is 5.37. The number of carbonyl (C=O) groups excluding carboxylic acids is 1. The van der Waals surface area contributed by atoms with Crippen LogP contribution >= 0.6 is 0 Å². The Labute approximate surface area is 88.2 Å². The Morgan fingerprint density at radius 1 is 1.47 bits per heavy atom. The first-order valence-electron chi connectivity index (χ1n) is 5.37. The number of nitrogens with one attached hydrogen (secondary N) is 2. The molecule has 3 N–H and O–H groups in total. The van der Waals surface area contributed by atoms with Crippen LogP contribution in [0.3, 0.4) is 0 Å². The van der Waals surface area contributed by atoms with Crippen LogP contribution in [0.15, 0.2) is 0 Å². The van der Waals surface area contributed by atoms with E-state index in [4.69, 9.17) is 5.11 Å². The monoisotopic (exact) mass is 212 g/mol. The third kappa shape index (κ3) is 1.97. The van der Waals surface area contributed by atoms with Gasteiger partial charge in [0.25, 0.3) is 0 Å². The van der Waals surface area contributed by atoms with E-state index in [-0.39, 0.29) is 17.9 Å². The van der Waals surface area contributed by atoms with E-state index >= 15 is 0 Å². The summed E-state index contributed by atoms with van der Waals surface area (Å²) in [5.74, 6) is -1.14. The fourth-order valence-electron chi connectivity index (χ4n) is 2.50. The van der Waals surface area contributed by atoms with E-state index in [9.17, 15) is 9.59 Å². The van der Waals surface area contributed by atoms with Crippen molar-refractivity contribution in [2.45, 2.75) is 44.3 Å². The second-order valence-corrected chi connectivity index (χ2v) is 4.46. The van der Waals surface area contributed by atoms with Crippen molar-refractivity contribution >= 4 is 11.9 Å². The fraction of sp³-hybridized carbons (Fsp3) is 0.800. The molecule has 5 heteroatoms. The summed E-state index contributed by atoms with van der Waals surface area (Å²) >= 11 is 0. The average Bonchev–Trinajstić information content (AvgIpc) is 2.78. The second-order valence-electron chi connectivity index (χ2n) is 4.46. The summed E-state index contributed by atoms with van der Waals surface area (Å²) in [5, 5.41) is 14.6. The van der Waals surface area contributed by atoms with Crippen molar-refractivity contribution in [2.75, 3.05) is 0 Å². The van der Waals surface area contributed by atoms with E-state index in [1.807, 2.05) is 0 Å². The zero-order chi connectivity index (χ0) is 11.0. The SMILES string of the molecule is C[C@@H](NC(=O)C1CC2CCC1N2)C(=O)O. The Balaban J connectivity index is 1.89. The van der Waals surface area contributed by atoms with Crippen LogP contribution < -0.4 is 10.6 Å². The largest absolute Gasteiger partial charge is 0.480 e. The number of carboxylic acids is 1. The maximum Gasteiger partial charge on any atom is 0.325 e. The third-order valence-electron chi connectivity index (χ3n) is 3.37. The number of carboxylic acid groups (broad SMARTS) is 1. The number of aliphatic carboxylic acids is 1. The highest BCUT2D eigenvalue weighted by atomic mass is 16.4. The number of rotatable bonds is 3. The molecule has 2 aliphatic rings. The number of hydrogen-bond acceptors (Lipinski definition) is 3. The number of fused-ring (bicyclic) bond motifs is 2. The molecule has 0 saturated carbocycles. The molecule has 0 radical (unpaired) electrons. The van der Waals surface area contributed by atoms with E-state index in [1.54, 1.807) is 0 Å². The maximum absolute atomic E-state index is 11.7. The molecule has 2 bridgehead atoms. The fourth-order valence-corrected chi connectivity index (χ4v) is 2.50. The summed E-state index contributed by atoms with van der Waals surface area (Å²) in [6.07, 6.45) is 3.02. The molecule has 2 fully saturated rings. The average molecular weight is 212 g/mol. The van der Waals surface area contributed by atoms with E-state index in [0.717, 1.165) is 19.3 Å². The van der Waals surface area contributed by atoms with Crippen molar-refractivity contribution in [3.8, 4) is 0 Å². The zero-order valence-electron chi connectivity index (χ0n) is 8.69. The Morgan fingerprint density at radius 3 is 2.67 bits per heavy atom. The molecule has 0 aromatic carbocycles. The van der Waals surface area contributed by atoms with E-state index in [2.05, 4.69) is 10.6 Å². The van der Waals surface area contributed by atoms with Gasteiger partial charge in [-0.2, -0.15) is 0 Å². The van der Waals surface area contributed by atoms with Crippen molar-refractivity contribution in [1.82, 2.24) is 10.6 Å². The molecule has 15 heavy (non-hydrogen) atoms. The highest BCUT2D eigenvalue weighted by molar-refractivity contribution is 5.85. The van der Waals surface area contributed by atoms with Crippen LogP contribution in [0.5, 0.6) is 0 Å². The Kier molecular flexibility index (Phi) is 2.65. The van der Waals surface area contributed by atoms with Crippen molar-refractivity contribution in [1.29, 1.82) is 0 Å². The van der Waals surface area contributed by atoms with Gasteiger partial charge in [-0.15, -0.1) is 0 Å². The third-order valence-corrected chi connectivity index (χ3v) is 3.37. The predicted molar refractivity (Wildman–Crippen MR) is 53.3 cm³/mol. The topological polar surface area (TPSA) is 78.4 Å². The number of hydrogen-bond donors (Lipinski definition) is 3. The van der Waals surface area contributed by atoms with Gasteiger partial charge in [0, 0.05) is 12.1 Å². The quantitative estimate of drug-likeness (QED) is 0.601. The smallest absolute Gasteiger partial charge is 0.325 e. The molecule has 0 spiro atoms. The lowest BCUT2D eigenvalue weighted by Crippen LogP contribution is -2.44. The summed E-state index contributed by atoms with van der Waals surface area (Å²) in [4.78, 5) is 22.3. The lowest BCUT2D eigenvalue weighted by atomic mass is 9.88. The van der Waals surface area contributed by atoms with Gasteiger partial charge < -0.3 is 15.7 Å². The molecule has 2 rings (SSSR count). The molecule has 0 aromatic rings. The van der Waals surface area contributed by atoms with Crippen molar-refractivity contribution in [2.24, 2.45) is 5.92 Å². The summed E-state index contributed by atoms with van der Waals surface area (Å²) in [5.41, 5.74) is 0. The summed E-state index contributed by atoms with van der Waals surface area (Å²) < 4.78 is 0. The minimum atomic E-state index is -0.987. The molecule has 84 valence electrons. The minimum Gasteiger partial charge on any atom is -0.480 e. The first kappa shape index (κ1) is 10.4. The van der Waals surface area contributed by atoms with Gasteiger partial charge in [-0.05, 0) is 26.2 Å². The van der Waals surface area contributed by atoms with Gasteiger partial charge >= 0.3 is 5.97 Å². The van der Waals surface area contributed by atoms with Gasteiger partial charge in [0.1, 0.15) is 6.04 Å². The van der Waals surface area contributed by atoms with Gasteiger partial charge in [0.15, 0.2) is 0 Å². The molecule has 1 amide bonds. The van der Waals surface area contributed by atoms with Crippen molar-refractivity contribution in [3.63, 3.8) is 0 Å². The van der Waals surface area contributed by atoms with Crippen LogP contribution in [-0.4, -0.2) is 35.1 Å². The standard InChI is InChI=1S/C10H16N2O3/c1-5(10(14)15)11-9(13)7-4-6-2-3-8(7)12-6/h5-8,12H,2-4H2,1H3,(H,11,13)(H,14,15)/t5-,6?,7?,8?/m1/s1. The molecule has 5 nitrogen and oxygen atoms in total. The number of amides is 1. The summed E-state index contributed by atoms with van der Waals surface area (Å²) in [7, 11) is 0. The Morgan fingerprint density at radius 2 is 2.20 bits per heavy atom. The van der Waals surface area contributed by atoms with Crippen molar-refractivity contribution in [3.05, 3.63) is 0 Å². The van der Waals surface area contributed by atoms with Crippen molar-refractivity contribution < 1.29 is 14.7 Å². The molecule has 0 aliphatic carbocycles. The predicted octanol–water partition coefficient (Wildman–Crippen LogP) is -0.284. The molecule has 4 atom stereocenters. The summed E-state index contributed by atoms with van der Waals surface area (Å²) in [6.45, 7) is 1.49. The van der Waals surface area contributed by atoms with Crippen LogP contribution in [-0.2, 0) is 9.59 Å². The first-order chi connectivity index (χ1) is 7.08.